The van der Waals surface area contributed by atoms with Gasteiger partial charge in [-0.2, -0.15) is 0 Å². The smallest absolute Gasteiger partial charge is 0.317 e. The zero-order chi connectivity index (χ0) is 15.9. The average Bonchev–Trinajstić information content (AvgIpc) is 2.44. The lowest BCUT2D eigenvalue weighted by Crippen LogP contribution is -2.56. The van der Waals surface area contributed by atoms with Crippen LogP contribution in [0.15, 0.2) is 0 Å². The first-order valence-corrected chi connectivity index (χ1v) is 7.66. The number of hydrogen-bond donors (Lipinski definition) is 2. The van der Waals surface area contributed by atoms with Crippen LogP contribution in [0.1, 0.15) is 51.9 Å². The monoisotopic (exact) mass is 300 g/mol. The highest BCUT2D eigenvalue weighted by atomic mass is 16.5. The molecule has 21 heavy (non-hydrogen) atoms. The van der Waals surface area contributed by atoms with Gasteiger partial charge < -0.3 is 20.1 Å². The van der Waals surface area contributed by atoms with Crippen LogP contribution in [0.4, 0.5) is 4.79 Å². The first kappa shape index (κ1) is 17.8. The van der Waals surface area contributed by atoms with E-state index in [0.29, 0.717) is 6.61 Å². The Bertz CT molecular complexity index is 354. The molecule has 1 unspecified atom stereocenters. The fourth-order valence-corrected chi connectivity index (χ4v) is 3.01. The summed E-state index contributed by atoms with van der Waals surface area (Å²) in [6.45, 7) is 2.51. The molecule has 1 fully saturated rings. The van der Waals surface area contributed by atoms with Gasteiger partial charge in [0.2, 0.25) is 0 Å². The predicted octanol–water partition coefficient (Wildman–Crippen LogP) is 2.23. The largest absolute Gasteiger partial charge is 0.481 e. The highest BCUT2D eigenvalue weighted by molar-refractivity contribution is 5.77. The van der Waals surface area contributed by atoms with Crippen molar-refractivity contribution in [3.63, 3.8) is 0 Å². The van der Waals surface area contributed by atoms with Crippen LogP contribution >= 0.6 is 0 Å². The molecule has 1 atom stereocenters. The van der Waals surface area contributed by atoms with Gasteiger partial charge in [-0.1, -0.05) is 19.3 Å². The molecule has 0 aromatic heterocycles. The summed E-state index contributed by atoms with van der Waals surface area (Å²) in [7, 11) is 3.34. The highest BCUT2D eigenvalue weighted by Gasteiger charge is 2.40. The second-order valence-electron chi connectivity index (χ2n) is 6.05. The lowest BCUT2D eigenvalue weighted by Gasteiger charge is -2.44. The minimum Gasteiger partial charge on any atom is -0.481 e. The van der Waals surface area contributed by atoms with Crippen molar-refractivity contribution in [1.29, 1.82) is 0 Å². The van der Waals surface area contributed by atoms with Crippen LogP contribution < -0.4 is 5.32 Å². The van der Waals surface area contributed by atoms with E-state index in [1.165, 1.54) is 0 Å². The molecule has 1 rings (SSSR count). The molecule has 0 radical (unpaired) electrons. The van der Waals surface area contributed by atoms with Crippen LogP contribution in [-0.4, -0.2) is 54.4 Å². The Morgan fingerprint density at radius 3 is 2.48 bits per heavy atom. The molecular weight excluding hydrogens is 272 g/mol. The van der Waals surface area contributed by atoms with Gasteiger partial charge >= 0.3 is 12.0 Å². The van der Waals surface area contributed by atoms with Gasteiger partial charge in [0.15, 0.2) is 0 Å². The van der Waals surface area contributed by atoms with Crippen molar-refractivity contribution in [2.45, 2.75) is 63.5 Å². The molecule has 1 aliphatic carbocycles. The maximum atomic E-state index is 12.4. The van der Waals surface area contributed by atoms with Gasteiger partial charge in [0.25, 0.3) is 0 Å². The molecule has 0 heterocycles. The summed E-state index contributed by atoms with van der Waals surface area (Å²) in [6.07, 6.45) is 5.34. The molecule has 0 aromatic carbocycles. The quantitative estimate of drug-likeness (QED) is 0.755. The Labute approximate surface area is 126 Å². The topological polar surface area (TPSA) is 78.9 Å². The number of ether oxygens (including phenoxy) is 1. The summed E-state index contributed by atoms with van der Waals surface area (Å²) in [6, 6.07) is -0.188. The maximum Gasteiger partial charge on any atom is 0.317 e. The SMILES string of the molecule is COCCC(C)NC(=O)N(C)C1(CC(=O)O)CCCCC1. The number of nitrogens with zero attached hydrogens (tertiary/aromatic N) is 1. The molecule has 2 amide bonds. The second-order valence-corrected chi connectivity index (χ2v) is 6.05. The predicted molar refractivity (Wildman–Crippen MR) is 80.3 cm³/mol. The Morgan fingerprint density at radius 1 is 1.33 bits per heavy atom. The van der Waals surface area contributed by atoms with Crippen LogP contribution in [0.2, 0.25) is 0 Å². The normalized spacial score (nSPS) is 18.8. The van der Waals surface area contributed by atoms with Crippen molar-refractivity contribution in [1.82, 2.24) is 10.2 Å². The molecule has 0 bridgehead atoms. The number of urea groups is 1. The van der Waals surface area contributed by atoms with E-state index in [0.717, 1.165) is 38.5 Å². The molecule has 122 valence electrons. The van der Waals surface area contributed by atoms with E-state index in [9.17, 15) is 14.7 Å². The Morgan fingerprint density at radius 2 is 1.95 bits per heavy atom. The molecular formula is C15H28N2O4. The third-order valence-corrected chi connectivity index (χ3v) is 4.41. The van der Waals surface area contributed by atoms with Gasteiger partial charge in [0, 0.05) is 26.8 Å². The van der Waals surface area contributed by atoms with E-state index in [1.54, 1.807) is 19.1 Å². The van der Waals surface area contributed by atoms with E-state index in [-0.39, 0.29) is 18.5 Å². The standard InChI is InChI=1S/C15H28N2O4/c1-12(7-10-21-3)16-14(20)17(2)15(11-13(18)19)8-5-4-6-9-15/h12H,4-11H2,1-3H3,(H,16,20)(H,18,19). The van der Waals surface area contributed by atoms with Crippen molar-refractivity contribution >= 4 is 12.0 Å². The van der Waals surface area contributed by atoms with Crippen LogP contribution in [0, 0.1) is 0 Å². The Balaban J connectivity index is 2.68. The molecule has 0 saturated heterocycles. The average molecular weight is 300 g/mol. The highest BCUT2D eigenvalue weighted by Crippen LogP contribution is 2.35. The Hall–Kier alpha value is -1.30. The van der Waals surface area contributed by atoms with Crippen molar-refractivity contribution in [3.8, 4) is 0 Å². The summed E-state index contributed by atoms with van der Waals surface area (Å²) in [5.41, 5.74) is -0.546. The van der Waals surface area contributed by atoms with Gasteiger partial charge in [-0.3, -0.25) is 4.79 Å². The van der Waals surface area contributed by atoms with Crippen LogP contribution in [0.25, 0.3) is 0 Å². The van der Waals surface area contributed by atoms with Gasteiger partial charge in [-0.05, 0) is 26.2 Å². The van der Waals surface area contributed by atoms with E-state index < -0.39 is 11.5 Å². The number of aliphatic carboxylic acids is 1. The minimum absolute atomic E-state index is 0.00497. The number of nitrogens with one attached hydrogen (secondary N) is 1. The van der Waals surface area contributed by atoms with Gasteiger partial charge in [0.1, 0.15) is 0 Å². The van der Waals surface area contributed by atoms with E-state index in [2.05, 4.69) is 5.32 Å². The van der Waals surface area contributed by atoms with Crippen molar-refractivity contribution in [2.75, 3.05) is 20.8 Å². The lowest BCUT2D eigenvalue weighted by molar-refractivity contribution is -0.140. The summed E-state index contributed by atoms with van der Waals surface area (Å²) in [5.74, 6) is -0.844. The fraction of sp³-hybridized carbons (Fsp3) is 0.867. The van der Waals surface area contributed by atoms with Crippen molar-refractivity contribution in [3.05, 3.63) is 0 Å². The minimum atomic E-state index is -0.844. The molecule has 2 N–H and O–H groups in total. The summed E-state index contributed by atoms with van der Waals surface area (Å²) in [5, 5.41) is 12.1. The maximum absolute atomic E-state index is 12.4. The lowest BCUT2D eigenvalue weighted by atomic mass is 9.78. The first-order valence-electron chi connectivity index (χ1n) is 7.66. The second kappa shape index (κ2) is 8.22. The number of rotatable bonds is 7. The Kier molecular flexibility index (Phi) is 6.95. The van der Waals surface area contributed by atoms with Crippen molar-refractivity contribution in [2.24, 2.45) is 0 Å². The molecule has 6 nitrogen and oxygen atoms in total. The van der Waals surface area contributed by atoms with Crippen molar-refractivity contribution < 1.29 is 19.4 Å². The van der Waals surface area contributed by atoms with Crippen LogP contribution in [-0.2, 0) is 9.53 Å². The zero-order valence-corrected chi connectivity index (χ0v) is 13.4. The zero-order valence-electron chi connectivity index (χ0n) is 13.4. The number of hydrogen-bond acceptors (Lipinski definition) is 3. The molecule has 0 aromatic rings. The van der Waals surface area contributed by atoms with E-state index in [1.807, 2.05) is 6.92 Å². The third-order valence-electron chi connectivity index (χ3n) is 4.41. The number of carboxylic acid groups (broad SMARTS) is 1. The molecule has 1 aliphatic rings. The van der Waals surface area contributed by atoms with E-state index >= 15 is 0 Å². The van der Waals surface area contributed by atoms with Gasteiger partial charge in [-0.15, -0.1) is 0 Å². The first-order chi connectivity index (χ1) is 9.91. The summed E-state index contributed by atoms with van der Waals surface area (Å²) in [4.78, 5) is 25.2. The van der Waals surface area contributed by atoms with E-state index in [4.69, 9.17) is 4.74 Å². The van der Waals surface area contributed by atoms with Crippen LogP contribution in [0.5, 0.6) is 0 Å². The molecule has 0 spiro atoms. The van der Waals surface area contributed by atoms with Gasteiger partial charge in [0.05, 0.1) is 12.0 Å². The third kappa shape index (κ3) is 5.19. The fourth-order valence-electron chi connectivity index (χ4n) is 3.01. The molecule has 6 heteroatoms. The number of amides is 2. The number of carbonyl (C=O) groups is 2. The van der Waals surface area contributed by atoms with Gasteiger partial charge in [-0.25, -0.2) is 4.79 Å². The number of carbonyl (C=O) groups excluding carboxylic acids is 1. The summed E-state index contributed by atoms with van der Waals surface area (Å²) < 4.78 is 5.00. The summed E-state index contributed by atoms with van der Waals surface area (Å²) >= 11 is 0. The number of methoxy groups -OCH3 is 1. The molecule has 0 aliphatic heterocycles. The molecule has 1 saturated carbocycles. The van der Waals surface area contributed by atoms with Crippen LogP contribution in [0.3, 0.4) is 0 Å². The number of carboxylic acids is 1.